The van der Waals surface area contributed by atoms with Gasteiger partial charge in [-0.3, -0.25) is 0 Å². The van der Waals surface area contributed by atoms with Crippen molar-refractivity contribution in [1.82, 2.24) is 10.6 Å². The van der Waals surface area contributed by atoms with Crippen LogP contribution in [0.5, 0.6) is 11.5 Å². The molecule has 0 unspecified atom stereocenters. The van der Waals surface area contributed by atoms with Crippen LogP contribution in [0.3, 0.4) is 0 Å². The predicted octanol–water partition coefficient (Wildman–Crippen LogP) is 4.34. The Morgan fingerprint density at radius 2 is 1.22 bits per heavy atom. The normalized spacial score (nSPS) is 11.3. The smallest absolute Gasteiger partial charge is 0.135 e. The van der Waals surface area contributed by atoms with Crippen LogP contribution in [0.15, 0.2) is 40.8 Å². The number of furan rings is 1. The summed E-state index contributed by atoms with van der Waals surface area (Å²) in [7, 11) is 0. The van der Waals surface area contributed by atoms with Gasteiger partial charge in [0.25, 0.3) is 0 Å². The molecule has 0 saturated carbocycles. The third kappa shape index (κ3) is 5.37. The van der Waals surface area contributed by atoms with E-state index in [0.29, 0.717) is 13.2 Å². The monoisotopic (exact) mass is 370 g/mol. The lowest BCUT2D eigenvalue weighted by atomic mass is 10.1. The molecule has 0 spiro atoms. The summed E-state index contributed by atoms with van der Waals surface area (Å²) in [5, 5.41) is 8.74. The zero-order valence-corrected chi connectivity index (χ0v) is 16.3. The van der Waals surface area contributed by atoms with Gasteiger partial charge in [0.1, 0.15) is 22.7 Å². The van der Waals surface area contributed by atoms with Crippen molar-refractivity contribution in [2.24, 2.45) is 0 Å². The fraction of sp³-hybridized carbons (Fsp3) is 0.455. The van der Waals surface area contributed by atoms with Gasteiger partial charge in [-0.2, -0.15) is 0 Å². The first kappa shape index (κ1) is 19.5. The van der Waals surface area contributed by atoms with Crippen molar-refractivity contribution in [3.63, 3.8) is 0 Å². The van der Waals surface area contributed by atoms with Crippen molar-refractivity contribution in [2.45, 2.75) is 26.7 Å². The minimum atomic E-state index is 0.703. The number of ether oxygens (including phenoxy) is 2. The van der Waals surface area contributed by atoms with E-state index in [1.807, 2.05) is 24.3 Å². The Balaban J connectivity index is 1.68. The third-order valence-electron chi connectivity index (χ3n) is 4.45. The van der Waals surface area contributed by atoms with Gasteiger partial charge in [0.2, 0.25) is 0 Å². The maximum atomic E-state index is 5.95. The highest BCUT2D eigenvalue weighted by Crippen LogP contribution is 2.33. The number of rotatable bonds is 12. The Bertz CT molecular complexity index is 776. The maximum Gasteiger partial charge on any atom is 0.135 e. The first-order valence-electron chi connectivity index (χ1n) is 9.95. The molecule has 1 heterocycles. The molecule has 3 rings (SSSR count). The SMILES string of the molecule is CCNCCCOc1ccc2oc3ccc(OCCCNCC)cc3c2c1. The summed E-state index contributed by atoms with van der Waals surface area (Å²) < 4.78 is 17.7. The van der Waals surface area contributed by atoms with Gasteiger partial charge in [0.05, 0.1) is 13.2 Å². The second-order valence-electron chi connectivity index (χ2n) is 6.53. The second kappa shape index (κ2) is 10.2. The maximum absolute atomic E-state index is 5.95. The highest BCUT2D eigenvalue weighted by Gasteiger charge is 2.09. The van der Waals surface area contributed by atoms with Crippen LogP contribution >= 0.6 is 0 Å². The van der Waals surface area contributed by atoms with Crippen molar-refractivity contribution in [1.29, 1.82) is 0 Å². The molecule has 2 aromatic carbocycles. The van der Waals surface area contributed by atoms with Crippen LogP contribution in [-0.2, 0) is 0 Å². The minimum Gasteiger partial charge on any atom is -0.494 e. The number of benzene rings is 2. The Morgan fingerprint density at radius 1 is 0.741 bits per heavy atom. The van der Waals surface area contributed by atoms with Gasteiger partial charge >= 0.3 is 0 Å². The van der Waals surface area contributed by atoms with E-state index in [4.69, 9.17) is 13.9 Å². The van der Waals surface area contributed by atoms with Gasteiger partial charge in [-0.05, 0) is 75.4 Å². The molecular formula is C22H30N2O3. The lowest BCUT2D eigenvalue weighted by molar-refractivity contribution is 0.309. The average molecular weight is 370 g/mol. The van der Waals surface area contributed by atoms with Gasteiger partial charge in [-0.25, -0.2) is 0 Å². The van der Waals surface area contributed by atoms with Crippen LogP contribution in [0.1, 0.15) is 26.7 Å². The minimum absolute atomic E-state index is 0.703. The zero-order chi connectivity index (χ0) is 18.9. The first-order valence-corrected chi connectivity index (χ1v) is 9.95. The molecule has 0 aliphatic heterocycles. The van der Waals surface area contributed by atoms with E-state index in [1.54, 1.807) is 0 Å². The molecule has 0 amide bonds. The standard InChI is InChI=1S/C22H30N2O3/c1-3-23-11-5-13-25-17-7-9-21-19(15-17)20-16-18(8-10-22(20)27-21)26-14-6-12-24-4-2/h7-10,15-16,23-24H,3-6,11-14H2,1-2H3. The summed E-state index contributed by atoms with van der Waals surface area (Å²) >= 11 is 0. The summed E-state index contributed by atoms with van der Waals surface area (Å²) in [5.41, 5.74) is 1.74. The van der Waals surface area contributed by atoms with Crippen molar-refractivity contribution in [3.8, 4) is 11.5 Å². The molecule has 5 nitrogen and oxygen atoms in total. The summed E-state index contributed by atoms with van der Waals surface area (Å²) in [4.78, 5) is 0. The van der Waals surface area contributed by atoms with E-state index in [2.05, 4.69) is 36.6 Å². The van der Waals surface area contributed by atoms with E-state index in [9.17, 15) is 0 Å². The van der Waals surface area contributed by atoms with E-state index in [-0.39, 0.29) is 0 Å². The highest BCUT2D eigenvalue weighted by atomic mass is 16.5. The number of hydrogen-bond donors (Lipinski definition) is 2. The van der Waals surface area contributed by atoms with Gasteiger partial charge in [0, 0.05) is 10.8 Å². The molecule has 0 bridgehead atoms. The van der Waals surface area contributed by atoms with Crippen molar-refractivity contribution in [2.75, 3.05) is 39.4 Å². The molecule has 0 fully saturated rings. The lowest BCUT2D eigenvalue weighted by Crippen LogP contribution is -2.16. The molecule has 0 atom stereocenters. The van der Waals surface area contributed by atoms with Gasteiger partial charge in [-0.1, -0.05) is 13.8 Å². The summed E-state index contributed by atoms with van der Waals surface area (Å²) in [6.07, 6.45) is 1.98. The van der Waals surface area contributed by atoms with Crippen molar-refractivity contribution in [3.05, 3.63) is 36.4 Å². The number of hydrogen-bond acceptors (Lipinski definition) is 5. The lowest BCUT2D eigenvalue weighted by Gasteiger charge is -2.07. The Morgan fingerprint density at radius 3 is 1.67 bits per heavy atom. The fourth-order valence-electron chi connectivity index (χ4n) is 3.04. The Hall–Kier alpha value is -2.24. The van der Waals surface area contributed by atoms with Gasteiger partial charge < -0.3 is 24.5 Å². The van der Waals surface area contributed by atoms with Crippen LogP contribution < -0.4 is 20.1 Å². The Kier molecular flexibility index (Phi) is 7.36. The third-order valence-corrected chi connectivity index (χ3v) is 4.45. The van der Waals surface area contributed by atoms with E-state index < -0.39 is 0 Å². The van der Waals surface area contributed by atoms with Crippen molar-refractivity contribution < 1.29 is 13.9 Å². The molecule has 146 valence electrons. The predicted molar refractivity (Wildman–Crippen MR) is 111 cm³/mol. The van der Waals surface area contributed by atoms with Crippen molar-refractivity contribution >= 4 is 21.9 Å². The second-order valence-corrected chi connectivity index (χ2v) is 6.53. The topological polar surface area (TPSA) is 55.7 Å². The fourth-order valence-corrected chi connectivity index (χ4v) is 3.04. The van der Waals surface area contributed by atoms with E-state index in [1.165, 1.54) is 0 Å². The molecule has 0 saturated heterocycles. The van der Waals surface area contributed by atoms with Crippen LogP contribution in [0.4, 0.5) is 0 Å². The van der Waals surface area contributed by atoms with Gasteiger partial charge in [-0.15, -0.1) is 0 Å². The summed E-state index contributed by atoms with van der Waals surface area (Å²) in [6.45, 7) is 9.56. The molecular weight excluding hydrogens is 340 g/mol. The molecule has 0 aliphatic carbocycles. The number of fused-ring (bicyclic) bond motifs is 3. The molecule has 3 aromatic rings. The average Bonchev–Trinajstić information content (AvgIpc) is 3.05. The summed E-state index contributed by atoms with van der Waals surface area (Å²) in [5.74, 6) is 1.75. The van der Waals surface area contributed by atoms with E-state index in [0.717, 1.165) is 72.5 Å². The molecule has 0 radical (unpaired) electrons. The van der Waals surface area contributed by atoms with Crippen LogP contribution in [-0.4, -0.2) is 39.4 Å². The molecule has 1 aromatic heterocycles. The number of nitrogens with one attached hydrogen (secondary N) is 2. The van der Waals surface area contributed by atoms with Crippen LogP contribution in [0, 0.1) is 0 Å². The van der Waals surface area contributed by atoms with E-state index >= 15 is 0 Å². The zero-order valence-electron chi connectivity index (χ0n) is 16.3. The summed E-state index contributed by atoms with van der Waals surface area (Å²) in [6, 6.07) is 12.0. The molecule has 5 heteroatoms. The van der Waals surface area contributed by atoms with Gasteiger partial charge in [0.15, 0.2) is 0 Å². The largest absolute Gasteiger partial charge is 0.494 e. The quantitative estimate of drug-likeness (QED) is 0.465. The molecule has 27 heavy (non-hydrogen) atoms. The highest BCUT2D eigenvalue weighted by molar-refractivity contribution is 6.05. The molecule has 2 N–H and O–H groups in total. The van der Waals surface area contributed by atoms with Crippen LogP contribution in [0.2, 0.25) is 0 Å². The Labute approximate surface area is 161 Å². The van der Waals surface area contributed by atoms with Crippen LogP contribution in [0.25, 0.3) is 21.9 Å². The molecule has 0 aliphatic rings. The first-order chi connectivity index (χ1) is 13.3.